The number of hydrogen-bond donors (Lipinski definition) is 0. The Bertz CT molecular complexity index is 894. The molecule has 1 unspecified atom stereocenters. The Kier molecular flexibility index (Phi) is 4.20. The van der Waals surface area contributed by atoms with Gasteiger partial charge in [0.15, 0.2) is 5.82 Å². The van der Waals surface area contributed by atoms with Gasteiger partial charge in [0, 0.05) is 17.3 Å². The summed E-state index contributed by atoms with van der Waals surface area (Å²) in [6.45, 7) is 4.75. The van der Waals surface area contributed by atoms with Crippen LogP contribution in [0.5, 0.6) is 5.75 Å². The zero-order valence-corrected chi connectivity index (χ0v) is 14.4. The Morgan fingerprint density at radius 3 is 2.72 bits per heavy atom. The Balaban J connectivity index is 1.86. The van der Waals surface area contributed by atoms with E-state index in [2.05, 4.69) is 11.9 Å². The van der Waals surface area contributed by atoms with Crippen LogP contribution in [0.25, 0.3) is 22.6 Å². The molecule has 1 aromatic heterocycles. The Morgan fingerprint density at radius 2 is 1.92 bits per heavy atom. The summed E-state index contributed by atoms with van der Waals surface area (Å²) < 4.78 is 12.0. The molecule has 0 N–H and O–H groups in total. The van der Waals surface area contributed by atoms with Crippen molar-refractivity contribution >= 4 is 0 Å². The average Bonchev–Trinajstić information content (AvgIpc) is 2.67. The molecule has 1 aliphatic rings. The monoisotopic (exact) mass is 332 g/mol. The summed E-state index contributed by atoms with van der Waals surface area (Å²) in [5, 5.41) is 0. The maximum Gasteiger partial charge on any atom is 0.230 e. The van der Waals surface area contributed by atoms with Gasteiger partial charge in [0.25, 0.3) is 0 Å². The van der Waals surface area contributed by atoms with E-state index in [4.69, 9.17) is 14.5 Å². The van der Waals surface area contributed by atoms with Crippen LogP contribution in [-0.4, -0.2) is 16.6 Å². The Labute approximate surface area is 147 Å². The predicted molar refractivity (Wildman–Crippen MR) is 97.3 cm³/mol. The first-order valence-electron chi connectivity index (χ1n) is 8.58. The van der Waals surface area contributed by atoms with Gasteiger partial charge in [0.1, 0.15) is 5.75 Å². The summed E-state index contributed by atoms with van der Waals surface area (Å²) in [7, 11) is 0. The van der Waals surface area contributed by atoms with Gasteiger partial charge in [-0.1, -0.05) is 49.4 Å². The van der Waals surface area contributed by atoms with E-state index in [-0.39, 0.29) is 0 Å². The third kappa shape index (κ3) is 2.89. The minimum absolute atomic E-state index is 0.464. The number of rotatable bonds is 4. The van der Waals surface area contributed by atoms with Crippen LogP contribution in [0.15, 0.2) is 54.7 Å². The smallest absolute Gasteiger partial charge is 0.230 e. The summed E-state index contributed by atoms with van der Waals surface area (Å²) in [4.78, 5) is 9.40. The number of benzene rings is 2. The molecule has 0 spiro atoms. The van der Waals surface area contributed by atoms with Gasteiger partial charge in [0.2, 0.25) is 6.29 Å². The molecule has 4 nitrogen and oxygen atoms in total. The quantitative estimate of drug-likeness (QED) is 0.679. The van der Waals surface area contributed by atoms with Crippen LogP contribution >= 0.6 is 0 Å². The highest BCUT2D eigenvalue weighted by Crippen LogP contribution is 2.43. The van der Waals surface area contributed by atoms with Gasteiger partial charge in [-0.15, -0.1) is 0 Å². The third-order valence-electron chi connectivity index (χ3n) is 4.27. The van der Waals surface area contributed by atoms with Crippen molar-refractivity contribution in [2.24, 2.45) is 0 Å². The lowest BCUT2D eigenvalue weighted by Gasteiger charge is -2.28. The molecule has 2 aromatic carbocycles. The summed E-state index contributed by atoms with van der Waals surface area (Å²) in [5.41, 5.74) is 4.84. The largest absolute Gasteiger partial charge is 0.459 e. The van der Waals surface area contributed by atoms with Crippen LogP contribution in [0, 0.1) is 6.92 Å². The van der Waals surface area contributed by atoms with Crippen molar-refractivity contribution in [1.29, 1.82) is 0 Å². The Morgan fingerprint density at radius 1 is 1.08 bits per heavy atom. The van der Waals surface area contributed by atoms with E-state index in [0.717, 1.165) is 40.1 Å². The maximum absolute atomic E-state index is 6.13. The van der Waals surface area contributed by atoms with E-state index in [9.17, 15) is 0 Å². The second-order valence-electron chi connectivity index (χ2n) is 6.14. The number of hydrogen-bond acceptors (Lipinski definition) is 4. The summed E-state index contributed by atoms with van der Waals surface area (Å²) in [6.07, 6.45) is 2.29. The van der Waals surface area contributed by atoms with Crippen molar-refractivity contribution < 1.29 is 9.47 Å². The van der Waals surface area contributed by atoms with E-state index in [1.165, 1.54) is 0 Å². The molecule has 4 heteroatoms. The molecule has 0 amide bonds. The fourth-order valence-electron chi connectivity index (χ4n) is 3.02. The molecular formula is C21H20N2O2. The van der Waals surface area contributed by atoms with Crippen molar-refractivity contribution in [2.75, 3.05) is 6.61 Å². The first kappa shape index (κ1) is 15.8. The molecule has 2 heterocycles. The van der Waals surface area contributed by atoms with Crippen LogP contribution in [0.3, 0.4) is 0 Å². The molecule has 4 rings (SSSR count). The number of ether oxygens (including phenoxy) is 2. The van der Waals surface area contributed by atoms with Crippen molar-refractivity contribution in [3.05, 3.63) is 65.9 Å². The molecule has 126 valence electrons. The highest BCUT2D eigenvalue weighted by molar-refractivity contribution is 5.75. The van der Waals surface area contributed by atoms with E-state index in [1.54, 1.807) is 0 Å². The normalized spacial score (nSPS) is 15.2. The minimum atomic E-state index is -0.464. The van der Waals surface area contributed by atoms with Crippen LogP contribution in [0.4, 0.5) is 0 Å². The van der Waals surface area contributed by atoms with Crippen molar-refractivity contribution in [3.8, 4) is 28.4 Å². The van der Waals surface area contributed by atoms with Crippen LogP contribution in [0.2, 0.25) is 0 Å². The molecular weight excluding hydrogens is 312 g/mol. The number of para-hydroxylation sites is 1. The predicted octanol–water partition coefficient (Wildman–Crippen LogP) is 4.94. The van der Waals surface area contributed by atoms with Gasteiger partial charge in [-0.3, -0.25) is 0 Å². The second-order valence-corrected chi connectivity index (χ2v) is 6.14. The van der Waals surface area contributed by atoms with Crippen molar-refractivity contribution in [2.45, 2.75) is 26.6 Å². The topological polar surface area (TPSA) is 44.2 Å². The van der Waals surface area contributed by atoms with Gasteiger partial charge >= 0.3 is 0 Å². The average molecular weight is 332 g/mol. The zero-order chi connectivity index (χ0) is 17.2. The SMILES string of the molecule is CCCOC1Oc2c(C)cccc2-c2nc(-c3ccccc3)ncc21. The first-order chi connectivity index (χ1) is 12.3. The van der Waals surface area contributed by atoms with E-state index < -0.39 is 6.29 Å². The molecule has 0 radical (unpaired) electrons. The standard InChI is InChI=1S/C21H20N2O2/c1-3-12-24-21-17-13-22-20(15-9-5-4-6-10-15)23-18(17)16-11-7-8-14(2)19(16)25-21/h4-11,13,21H,3,12H2,1-2H3. The zero-order valence-electron chi connectivity index (χ0n) is 14.4. The molecule has 0 aliphatic carbocycles. The lowest BCUT2D eigenvalue weighted by atomic mass is 10.00. The second kappa shape index (κ2) is 6.65. The maximum atomic E-state index is 6.13. The summed E-state index contributed by atoms with van der Waals surface area (Å²) in [5.74, 6) is 1.55. The van der Waals surface area contributed by atoms with Gasteiger partial charge in [-0.2, -0.15) is 0 Å². The molecule has 3 aromatic rings. The van der Waals surface area contributed by atoms with Crippen molar-refractivity contribution in [1.82, 2.24) is 9.97 Å². The lowest BCUT2D eigenvalue weighted by molar-refractivity contribution is -0.0855. The lowest BCUT2D eigenvalue weighted by Crippen LogP contribution is -2.19. The molecule has 25 heavy (non-hydrogen) atoms. The number of nitrogens with zero attached hydrogens (tertiary/aromatic N) is 2. The van der Waals surface area contributed by atoms with Gasteiger partial charge in [-0.25, -0.2) is 9.97 Å². The van der Waals surface area contributed by atoms with E-state index in [1.807, 2.05) is 61.7 Å². The minimum Gasteiger partial charge on any atom is -0.459 e. The molecule has 1 atom stereocenters. The molecule has 0 saturated heterocycles. The number of fused-ring (bicyclic) bond motifs is 3. The molecule has 0 bridgehead atoms. The fraction of sp³-hybridized carbons (Fsp3) is 0.238. The number of aryl methyl sites for hydroxylation is 1. The highest BCUT2D eigenvalue weighted by Gasteiger charge is 2.29. The molecule has 0 fully saturated rings. The van der Waals surface area contributed by atoms with Gasteiger partial charge < -0.3 is 9.47 Å². The van der Waals surface area contributed by atoms with Crippen molar-refractivity contribution in [3.63, 3.8) is 0 Å². The highest BCUT2D eigenvalue weighted by atomic mass is 16.7. The fourth-order valence-corrected chi connectivity index (χ4v) is 3.02. The van der Waals surface area contributed by atoms with Crippen LogP contribution < -0.4 is 4.74 Å². The third-order valence-corrected chi connectivity index (χ3v) is 4.27. The van der Waals surface area contributed by atoms with E-state index >= 15 is 0 Å². The number of aromatic nitrogens is 2. The first-order valence-corrected chi connectivity index (χ1v) is 8.58. The molecule has 1 aliphatic heterocycles. The summed E-state index contributed by atoms with van der Waals surface area (Å²) in [6, 6.07) is 16.1. The van der Waals surface area contributed by atoms with Gasteiger partial charge in [-0.05, 0) is 25.0 Å². The van der Waals surface area contributed by atoms with Gasteiger partial charge in [0.05, 0.1) is 17.9 Å². The summed E-state index contributed by atoms with van der Waals surface area (Å²) >= 11 is 0. The van der Waals surface area contributed by atoms with Crippen LogP contribution in [0.1, 0.15) is 30.8 Å². The molecule has 0 saturated carbocycles. The Hall–Kier alpha value is -2.72. The van der Waals surface area contributed by atoms with E-state index in [0.29, 0.717) is 12.4 Å². The van der Waals surface area contributed by atoms with Crippen LogP contribution in [-0.2, 0) is 4.74 Å².